The Labute approximate surface area is 107 Å². The highest BCUT2D eigenvalue weighted by molar-refractivity contribution is 5.85. The van der Waals surface area contributed by atoms with Gasteiger partial charge in [-0.15, -0.1) is 12.4 Å². The molecule has 1 aliphatic heterocycles. The van der Waals surface area contributed by atoms with E-state index in [1.54, 1.807) is 0 Å². The third-order valence-electron chi connectivity index (χ3n) is 3.91. The van der Waals surface area contributed by atoms with Gasteiger partial charge in [-0.3, -0.25) is 4.79 Å². The first-order chi connectivity index (χ1) is 7.69. The van der Waals surface area contributed by atoms with Crippen LogP contribution < -0.4 is 5.32 Å². The van der Waals surface area contributed by atoms with Crippen LogP contribution in [-0.2, 0) is 17.6 Å². The van der Waals surface area contributed by atoms with E-state index in [-0.39, 0.29) is 23.9 Å². The molecule has 4 heteroatoms. The molecule has 2 N–H and O–H groups in total. The molecule has 0 amide bonds. The number of nitrogens with one attached hydrogen (secondary N) is 1. The minimum absolute atomic E-state index is 0. The molecule has 0 radical (unpaired) electrons. The highest BCUT2D eigenvalue weighted by Crippen LogP contribution is 2.42. The van der Waals surface area contributed by atoms with Crippen LogP contribution in [0.25, 0.3) is 0 Å². The summed E-state index contributed by atoms with van der Waals surface area (Å²) >= 11 is 0. The van der Waals surface area contributed by atoms with Crippen molar-refractivity contribution in [2.45, 2.75) is 25.3 Å². The van der Waals surface area contributed by atoms with Crippen LogP contribution in [0.5, 0.6) is 0 Å². The zero-order valence-corrected chi connectivity index (χ0v) is 10.3. The first kappa shape index (κ1) is 12.4. The molecular formula is C13H16ClNO2. The highest BCUT2D eigenvalue weighted by Gasteiger charge is 2.45. The minimum Gasteiger partial charge on any atom is -0.480 e. The lowest BCUT2D eigenvalue weighted by Gasteiger charge is -2.20. The van der Waals surface area contributed by atoms with Crippen molar-refractivity contribution in [2.24, 2.45) is 5.41 Å². The summed E-state index contributed by atoms with van der Waals surface area (Å²) in [6.45, 7) is 0.832. The molecule has 1 heterocycles. The largest absolute Gasteiger partial charge is 0.480 e. The number of carbonyl (C=O) groups is 1. The maximum Gasteiger partial charge on any atom is 0.320 e. The zero-order chi connectivity index (χ0) is 11.2. The fourth-order valence-electron chi connectivity index (χ4n) is 3.13. The van der Waals surface area contributed by atoms with Crippen LogP contribution in [0, 0.1) is 5.41 Å². The van der Waals surface area contributed by atoms with Crippen LogP contribution in [0.2, 0.25) is 0 Å². The van der Waals surface area contributed by atoms with E-state index in [0.717, 1.165) is 25.8 Å². The van der Waals surface area contributed by atoms with Gasteiger partial charge >= 0.3 is 5.97 Å². The number of benzene rings is 1. The lowest BCUT2D eigenvalue weighted by molar-refractivity contribution is -0.139. The number of hydrogen-bond donors (Lipinski definition) is 2. The summed E-state index contributed by atoms with van der Waals surface area (Å²) in [6.07, 6.45) is 2.82. The van der Waals surface area contributed by atoms with Crippen LogP contribution in [-0.4, -0.2) is 23.7 Å². The Morgan fingerprint density at radius 2 is 1.88 bits per heavy atom. The standard InChI is InChI=1S/C13H15NO2.ClH/c15-12(16)11-7-13(8-14-11)5-9-3-1-2-4-10(9)6-13;/h1-4,11,14H,5-8H2,(H,15,16);1H. The van der Waals surface area contributed by atoms with E-state index < -0.39 is 5.97 Å². The summed E-state index contributed by atoms with van der Waals surface area (Å²) in [4.78, 5) is 11.0. The molecule has 0 saturated carbocycles. The number of carboxylic acids is 1. The number of fused-ring (bicyclic) bond motifs is 1. The molecule has 17 heavy (non-hydrogen) atoms. The number of hydrogen-bond acceptors (Lipinski definition) is 2. The van der Waals surface area contributed by atoms with Crippen LogP contribution in [0.3, 0.4) is 0 Å². The Bertz CT molecular complexity index is 422. The minimum atomic E-state index is -0.715. The SMILES string of the molecule is Cl.O=C(O)C1CC2(CN1)Cc1ccccc1C2. The topological polar surface area (TPSA) is 49.3 Å². The average molecular weight is 254 g/mol. The Morgan fingerprint density at radius 1 is 1.29 bits per heavy atom. The molecule has 1 spiro atoms. The van der Waals surface area contributed by atoms with Gasteiger partial charge in [-0.25, -0.2) is 0 Å². The number of carboxylic acid groups (broad SMARTS) is 1. The lowest BCUT2D eigenvalue weighted by atomic mass is 9.82. The van der Waals surface area contributed by atoms with Crippen molar-refractivity contribution >= 4 is 18.4 Å². The summed E-state index contributed by atoms with van der Waals surface area (Å²) in [6, 6.07) is 8.11. The molecule has 1 aromatic carbocycles. The third-order valence-corrected chi connectivity index (χ3v) is 3.91. The lowest BCUT2D eigenvalue weighted by Crippen LogP contribution is -2.30. The molecule has 2 aliphatic rings. The van der Waals surface area contributed by atoms with Crippen molar-refractivity contribution in [1.82, 2.24) is 5.32 Å². The van der Waals surface area contributed by atoms with Crippen molar-refractivity contribution in [3.05, 3.63) is 35.4 Å². The van der Waals surface area contributed by atoms with E-state index >= 15 is 0 Å². The highest BCUT2D eigenvalue weighted by atomic mass is 35.5. The third kappa shape index (κ3) is 2.05. The molecule has 1 atom stereocenters. The van der Waals surface area contributed by atoms with Crippen molar-refractivity contribution < 1.29 is 9.90 Å². The number of aliphatic carboxylic acids is 1. The maximum atomic E-state index is 11.0. The average Bonchev–Trinajstić information content (AvgIpc) is 2.82. The first-order valence-electron chi connectivity index (χ1n) is 5.72. The van der Waals surface area contributed by atoms with Gasteiger partial charge in [0.2, 0.25) is 0 Å². The first-order valence-corrected chi connectivity index (χ1v) is 5.72. The molecule has 0 bridgehead atoms. The molecule has 1 unspecified atom stereocenters. The van der Waals surface area contributed by atoms with Crippen LogP contribution in [0.4, 0.5) is 0 Å². The summed E-state index contributed by atoms with van der Waals surface area (Å²) < 4.78 is 0. The Balaban J connectivity index is 0.00000108. The quantitative estimate of drug-likeness (QED) is 0.800. The number of rotatable bonds is 1. The summed E-state index contributed by atoms with van der Waals surface area (Å²) in [7, 11) is 0. The predicted octanol–water partition coefficient (Wildman–Crippen LogP) is 1.64. The van der Waals surface area contributed by atoms with E-state index in [9.17, 15) is 4.79 Å². The van der Waals surface area contributed by atoms with Crippen LogP contribution in [0.1, 0.15) is 17.5 Å². The van der Waals surface area contributed by atoms with Gasteiger partial charge in [-0.05, 0) is 35.8 Å². The molecule has 1 aromatic rings. The monoisotopic (exact) mass is 253 g/mol. The molecule has 1 fully saturated rings. The van der Waals surface area contributed by atoms with E-state index in [0.29, 0.717) is 0 Å². The molecule has 3 rings (SSSR count). The molecule has 0 aromatic heterocycles. The fraction of sp³-hybridized carbons (Fsp3) is 0.462. The van der Waals surface area contributed by atoms with Gasteiger partial charge in [0, 0.05) is 6.54 Å². The second kappa shape index (κ2) is 4.31. The number of halogens is 1. The molecule has 3 nitrogen and oxygen atoms in total. The van der Waals surface area contributed by atoms with Crippen LogP contribution in [0.15, 0.2) is 24.3 Å². The zero-order valence-electron chi connectivity index (χ0n) is 9.48. The van der Waals surface area contributed by atoms with Gasteiger partial charge < -0.3 is 10.4 Å². The van der Waals surface area contributed by atoms with Crippen molar-refractivity contribution in [2.75, 3.05) is 6.54 Å². The molecular weight excluding hydrogens is 238 g/mol. The molecule has 92 valence electrons. The molecule has 1 saturated heterocycles. The van der Waals surface area contributed by atoms with Gasteiger partial charge in [0.25, 0.3) is 0 Å². The summed E-state index contributed by atoms with van der Waals surface area (Å²) in [5.74, 6) is -0.715. The predicted molar refractivity (Wildman–Crippen MR) is 67.6 cm³/mol. The van der Waals surface area contributed by atoms with E-state index in [1.807, 2.05) is 0 Å². The van der Waals surface area contributed by atoms with Crippen molar-refractivity contribution in [3.63, 3.8) is 0 Å². The van der Waals surface area contributed by atoms with Gasteiger partial charge in [0.15, 0.2) is 0 Å². The second-order valence-corrected chi connectivity index (χ2v) is 5.10. The van der Waals surface area contributed by atoms with Crippen molar-refractivity contribution in [1.29, 1.82) is 0 Å². The van der Waals surface area contributed by atoms with E-state index in [2.05, 4.69) is 29.6 Å². The summed E-state index contributed by atoms with van der Waals surface area (Å²) in [5.41, 5.74) is 2.96. The van der Waals surface area contributed by atoms with Gasteiger partial charge in [0.1, 0.15) is 6.04 Å². The van der Waals surface area contributed by atoms with Gasteiger partial charge in [-0.2, -0.15) is 0 Å². The van der Waals surface area contributed by atoms with Crippen LogP contribution >= 0.6 is 12.4 Å². The van der Waals surface area contributed by atoms with Gasteiger partial charge in [-0.1, -0.05) is 24.3 Å². The Hall–Kier alpha value is -1.06. The fourth-order valence-corrected chi connectivity index (χ4v) is 3.13. The van der Waals surface area contributed by atoms with E-state index in [4.69, 9.17) is 5.11 Å². The smallest absolute Gasteiger partial charge is 0.320 e. The Kier molecular flexibility index (Phi) is 3.15. The summed E-state index contributed by atoms with van der Waals surface area (Å²) in [5, 5.41) is 12.1. The second-order valence-electron chi connectivity index (χ2n) is 5.10. The van der Waals surface area contributed by atoms with E-state index in [1.165, 1.54) is 11.1 Å². The maximum absolute atomic E-state index is 11.0. The normalized spacial score (nSPS) is 24.4. The van der Waals surface area contributed by atoms with Crippen molar-refractivity contribution in [3.8, 4) is 0 Å². The molecule has 1 aliphatic carbocycles. The Morgan fingerprint density at radius 3 is 2.35 bits per heavy atom. The van der Waals surface area contributed by atoms with Gasteiger partial charge in [0.05, 0.1) is 0 Å².